The van der Waals surface area contributed by atoms with Gasteiger partial charge in [0.2, 0.25) is 5.91 Å². The number of rotatable bonds is 6. The molecule has 170 valence electrons. The number of aromatic nitrogens is 4. The van der Waals surface area contributed by atoms with Gasteiger partial charge in [0, 0.05) is 29.7 Å². The van der Waals surface area contributed by atoms with Crippen molar-refractivity contribution in [2.24, 2.45) is 0 Å². The molecule has 2 aromatic carbocycles. The molecule has 1 amide bonds. The molecule has 0 saturated carbocycles. The van der Waals surface area contributed by atoms with E-state index in [1.54, 1.807) is 23.0 Å². The van der Waals surface area contributed by atoms with E-state index in [2.05, 4.69) is 21.5 Å². The molecule has 5 aromatic rings. The summed E-state index contributed by atoms with van der Waals surface area (Å²) in [6.45, 7) is 3.90. The first kappa shape index (κ1) is 21.6. The maximum absolute atomic E-state index is 13.4. The van der Waals surface area contributed by atoms with Crippen LogP contribution in [0.5, 0.6) is 0 Å². The number of fused-ring (bicyclic) bond motifs is 1. The minimum absolute atomic E-state index is 0.0475. The average Bonchev–Trinajstić information content (AvgIpc) is 3.48. The van der Waals surface area contributed by atoms with Gasteiger partial charge in [0.05, 0.1) is 11.7 Å². The van der Waals surface area contributed by atoms with E-state index in [1.807, 2.05) is 67.2 Å². The van der Waals surface area contributed by atoms with Gasteiger partial charge in [-0.05, 0) is 73.0 Å². The second-order valence-corrected chi connectivity index (χ2v) is 8.28. The molecule has 6 nitrogen and oxygen atoms in total. The quantitative estimate of drug-likeness (QED) is 0.384. The molecular weight excluding hydrogens is 429 g/mol. The van der Waals surface area contributed by atoms with Crippen LogP contribution < -0.4 is 5.32 Å². The van der Waals surface area contributed by atoms with Gasteiger partial charge in [-0.25, -0.2) is 14.1 Å². The standard InChI is InChI=1S/C27H24FN5O/c1-18(21-6-5-7-23(16-21)32-14-3-4-15-32)30-25(34)17-33-27-26(19(2)31-33)24(12-13-29-27)20-8-10-22(28)11-9-20/h3-16,18H,17H2,1-2H3,(H,30,34). The normalized spacial score (nSPS) is 12.1. The second-order valence-electron chi connectivity index (χ2n) is 8.28. The van der Waals surface area contributed by atoms with Crippen LogP contribution in [0.15, 0.2) is 85.3 Å². The highest BCUT2D eigenvalue weighted by Crippen LogP contribution is 2.30. The number of pyridine rings is 1. The van der Waals surface area contributed by atoms with Gasteiger partial charge in [-0.15, -0.1) is 0 Å². The Labute approximate surface area is 196 Å². The summed E-state index contributed by atoms with van der Waals surface area (Å²) in [5, 5.41) is 8.50. The van der Waals surface area contributed by atoms with Crippen molar-refractivity contribution in [1.29, 1.82) is 0 Å². The maximum Gasteiger partial charge on any atom is 0.242 e. The fraction of sp³-hybridized carbons (Fsp3) is 0.148. The number of aryl methyl sites for hydroxylation is 1. The van der Waals surface area contributed by atoms with Crippen LogP contribution in [-0.4, -0.2) is 25.2 Å². The van der Waals surface area contributed by atoms with Crippen molar-refractivity contribution in [3.05, 3.63) is 102 Å². The van der Waals surface area contributed by atoms with Gasteiger partial charge < -0.3 is 9.88 Å². The Hall–Kier alpha value is -4.26. The van der Waals surface area contributed by atoms with Gasteiger partial charge in [0.15, 0.2) is 5.65 Å². The number of benzene rings is 2. The number of carbonyl (C=O) groups excluding carboxylic acids is 1. The molecular formula is C27H24FN5O. The Morgan fingerprint density at radius 1 is 1.06 bits per heavy atom. The molecule has 0 spiro atoms. The van der Waals surface area contributed by atoms with Crippen LogP contribution in [-0.2, 0) is 11.3 Å². The predicted molar refractivity (Wildman–Crippen MR) is 130 cm³/mol. The number of nitrogens with one attached hydrogen (secondary N) is 1. The van der Waals surface area contributed by atoms with E-state index < -0.39 is 0 Å². The molecule has 0 saturated heterocycles. The summed E-state index contributed by atoms with van der Waals surface area (Å²) in [6, 6.07) is 20.1. The highest BCUT2D eigenvalue weighted by atomic mass is 19.1. The van der Waals surface area contributed by atoms with Crippen LogP contribution in [0, 0.1) is 12.7 Å². The summed E-state index contributed by atoms with van der Waals surface area (Å²) in [4.78, 5) is 17.4. The van der Waals surface area contributed by atoms with Crippen molar-refractivity contribution in [3.8, 4) is 16.8 Å². The fourth-order valence-electron chi connectivity index (χ4n) is 4.23. The van der Waals surface area contributed by atoms with Crippen molar-refractivity contribution >= 4 is 16.9 Å². The van der Waals surface area contributed by atoms with Crippen LogP contribution in [0.4, 0.5) is 4.39 Å². The van der Waals surface area contributed by atoms with Crippen molar-refractivity contribution < 1.29 is 9.18 Å². The lowest BCUT2D eigenvalue weighted by atomic mass is 10.0. The third kappa shape index (κ3) is 4.20. The van der Waals surface area contributed by atoms with Crippen LogP contribution >= 0.6 is 0 Å². The summed E-state index contributed by atoms with van der Waals surface area (Å²) in [5.74, 6) is -0.441. The zero-order valence-electron chi connectivity index (χ0n) is 18.9. The van der Waals surface area contributed by atoms with Gasteiger partial charge in [-0.2, -0.15) is 5.10 Å². The maximum atomic E-state index is 13.4. The Morgan fingerprint density at radius 3 is 2.59 bits per heavy atom. The van der Waals surface area contributed by atoms with E-state index in [0.717, 1.165) is 33.5 Å². The first-order chi connectivity index (χ1) is 16.5. The van der Waals surface area contributed by atoms with Gasteiger partial charge >= 0.3 is 0 Å². The van der Waals surface area contributed by atoms with Crippen molar-refractivity contribution in [1.82, 2.24) is 24.6 Å². The van der Waals surface area contributed by atoms with Crippen LogP contribution in [0.25, 0.3) is 27.8 Å². The highest BCUT2D eigenvalue weighted by molar-refractivity contribution is 5.95. The van der Waals surface area contributed by atoms with E-state index in [9.17, 15) is 9.18 Å². The molecule has 0 aliphatic heterocycles. The molecule has 3 heterocycles. The Morgan fingerprint density at radius 2 is 1.82 bits per heavy atom. The largest absolute Gasteiger partial charge is 0.348 e. The van der Waals surface area contributed by atoms with Crippen LogP contribution in [0.2, 0.25) is 0 Å². The van der Waals surface area contributed by atoms with E-state index in [0.29, 0.717) is 5.65 Å². The van der Waals surface area contributed by atoms with E-state index in [-0.39, 0.29) is 24.3 Å². The molecule has 1 N–H and O–H groups in total. The van der Waals surface area contributed by atoms with Crippen molar-refractivity contribution in [2.75, 3.05) is 0 Å². The molecule has 3 aromatic heterocycles. The molecule has 0 radical (unpaired) electrons. The molecule has 0 bridgehead atoms. The number of nitrogens with zero attached hydrogens (tertiary/aromatic N) is 4. The fourth-order valence-corrected chi connectivity index (χ4v) is 4.23. The van der Waals surface area contributed by atoms with Gasteiger partial charge in [0.25, 0.3) is 0 Å². The van der Waals surface area contributed by atoms with E-state index in [4.69, 9.17) is 0 Å². The highest BCUT2D eigenvalue weighted by Gasteiger charge is 2.17. The Balaban J connectivity index is 1.36. The molecule has 0 aliphatic carbocycles. The summed E-state index contributed by atoms with van der Waals surface area (Å²) < 4.78 is 17.0. The van der Waals surface area contributed by atoms with Crippen LogP contribution in [0.1, 0.15) is 24.2 Å². The number of hydrogen-bond acceptors (Lipinski definition) is 3. The summed E-state index contributed by atoms with van der Waals surface area (Å²) >= 11 is 0. The lowest BCUT2D eigenvalue weighted by molar-refractivity contribution is -0.122. The molecule has 1 unspecified atom stereocenters. The third-order valence-corrected chi connectivity index (χ3v) is 5.91. The summed E-state index contributed by atoms with van der Waals surface area (Å²) in [6.07, 6.45) is 5.66. The molecule has 7 heteroatoms. The van der Waals surface area contributed by atoms with Gasteiger partial charge in [0.1, 0.15) is 12.4 Å². The molecule has 34 heavy (non-hydrogen) atoms. The molecule has 5 rings (SSSR count). The van der Waals surface area contributed by atoms with E-state index >= 15 is 0 Å². The minimum Gasteiger partial charge on any atom is -0.348 e. The zero-order chi connectivity index (χ0) is 23.7. The number of amides is 1. The SMILES string of the molecule is Cc1nn(CC(=O)NC(C)c2cccc(-n3cccc3)c2)c2nccc(-c3ccc(F)cc3)c12. The second kappa shape index (κ2) is 8.94. The number of carbonyl (C=O) groups is 1. The first-order valence-electron chi connectivity index (χ1n) is 11.1. The van der Waals surface area contributed by atoms with Crippen molar-refractivity contribution in [2.45, 2.75) is 26.4 Å². The Kier molecular flexibility index (Phi) is 5.67. The number of hydrogen-bond donors (Lipinski definition) is 1. The van der Waals surface area contributed by atoms with E-state index in [1.165, 1.54) is 12.1 Å². The minimum atomic E-state index is -0.286. The monoisotopic (exact) mass is 453 g/mol. The zero-order valence-corrected chi connectivity index (χ0v) is 18.9. The molecule has 0 fully saturated rings. The van der Waals surface area contributed by atoms with Gasteiger partial charge in [-0.1, -0.05) is 24.3 Å². The molecule has 0 aliphatic rings. The van der Waals surface area contributed by atoms with Crippen LogP contribution in [0.3, 0.4) is 0 Å². The summed E-state index contributed by atoms with van der Waals surface area (Å²) in [5.41, 5.74) is 5.22. The van der Waals surface area contributed by atoms with Crippen molar-refractivity contribution in [3.63, 3.8) is 0 Å². The smallest absolute Gasteiger partial charge is 0.242 e. The topological polar surface area (TPSA) is 64.7 Å². The first-order valence-corrected chi connectivity index (χ1v) is 11.1. The Bertz CT molecular complexity index is 1450. The third-order valence-electron chi connectivity index (χ3n) is 5.91. The average molecular weight is 454 g/mol. The van der Waals surface area contributed by atoms with Gasteiger partial charge in [-0.3, -0.25) is 4.79 Å². The number of halogens is 1. The summed E-state index contributed by atoms with van der Waals surface area (Å²) in [7, 11) is 0. The predicted octanol–water partition coefficient (Wildman–Crippen LogP) is 5.21. The molecule has 1 atom stereocenters. The lowest BCUT2D eigenvalue weighted by Gasteiger charge is -2.16. The lowest BCUT2D eigenvalue weighted by Crippen LogP contribution is -2.30.